The van der Waals surface area contributed by atoms with Gasteiger partial charge in [0.05, 0.1) is 13.2 Å². The predicted molar refractivity (Wildman–Crippen MR) is 74.9 cm³/mol. The molecule has 1 rings (SSSR count). The number of nitriles is 1. The summed E-state index contributed by atoms with van der Waals surface area (Å²) >= 11 is 0. The molecule has 0 bridgehead atoms. The Hall–Kier alpha value is -2.60. The van der Waals surface area contributed by atoms with Gasteiger partial charge in [0.15, 0.2) is 0 Å². The fourth-order valence-corrected chi connectivity index (χ4v) is 1.49. The molecule has 1 atom stereocenters. The van der Waals surface area contributed by atoms with Crippen LogP contribution in [0.2, 0.25) is 0 Å². The second-order valence-electron chi connectivity index (χ2n) is 3.80. The molecule has 0 spiro atoms. The van der Waals surface area contributed by atoms with Crippen molar-refractivity contribution in [3.05, 3.63) is 66.3 Å². The van der Waals surface area contributed by atoms with Gasteiger partial charge in [-0.1, -0.05) is 55.1 Å². The zero-order valence-electron chi connectivity index (χ0n) is 10.7. The minimum Gasteiger partial charge on any atom is -0.466 e. The van der Waals surface area contributed by atoms with Crippen LogP contribution in [0.1, 0.15) is 5.56 Å². The monoisotopic (exact) mass is 253 g/mol. The molecule has 1 aromatic carbocycles. The van der Waals surface area contributed by atoms with Gasteiger partial charge in [-0.05, 0) is 5.56 Å². The maximum Gasteiger partial charge on any atom is 0.334 e. The number of hydrogen-bond acceptors (Lipinski definition) is 3. The van der Waals surface area contributed by atoms with Crippen LogP contribution in [-0.4, -0.2) is 13.1 Å². The summed E-state index contributed by atoms with van der Waals surface area (Å²) in [5.41, 5.74) is 1.30. The first-order valence-electron chi connectivity index (χ1n) is 5.75. The van der Waals surface area contributed by atoms with Crippen LogP contribution >= 0.6 is 0 Å². The van der Waals surface area contributed by atoms with Gasteiger partial charge in [0.25, 0.3) is 0 Å². The minimum atomic E-state index is -0.481. The van der Waals surface area contributed by atoms with E-state index >= 15 is 0 Å². The van der Waals surface area contributed by atoms with Gasteiger partial charge >= 0.3 is 5.97 Å². The van der Waals surface area contributed by atoms with E-state index in [-0.39, 0.29) is 5.92 Å². The average Bonchev–Trinajstić information content (AvgIpc) is 2.47. The molecule has 0 fully saturated rings. The van der Waals surface area contributed by atoms with E-state index in [0.717, 1.165) is 5.56 Å². The van der Waals surface area contributed by atoms with Crippen molar-refractivity contribution in [2.24, 2.45) is 5.92 Å². The molecular weight excluding hydrogens is 238 g/mol. The number of esters is 1. The van der Waals surface area contributed by atoms with Gasteiger partial charge in [-0.3, -0.25) is 0 Å². The van der Waals surface area contributed by atoms with Crippen LogP contribution in [0.5, 0.6) is 0 Å². The Balaban J connectivity index is 2.90. The summed E-state index contributed by atoms with van der Waals surface area (Å²) in [5, 5.41) is 8.57. The maximum absolute atomic E-state index is 11.5. The van der Waals surface area contributed by atoms with Crippen LogP contribution in [0.15, 0.2) is 60.7 Å². The third-order valence-corrected chi connectivity index (χ3v) is 2.52. The number of rotatable bonds is 5. The van der Waals surface area contributed by atoms with Gasteiger partial charge in [-0.15, -0.1) is 0 Å². The molecule has 0 amide bonds. The molecule has 1 unspecified atom stereocenters. The summed E-state index contributed by atoms with van der Waals surface area (Å²) in [6.07, 6.45) is 6.62. The molecule has 0 saturated heterocycles. The van der Waals surface area contributed by atoms with Gasteiger partial charge in [-0.25, -0.2) is 4.79 Å². The highest BCUT2D eigenvalue weighted by Crippen LogP contribution is 2.16. The SMILES string of the molecule is C=C(C(=O)OC)C(C=CC#N)C=Cc1ccccc1. The smallest absolute Gasteiger partial charge is 0.334 e. The third-order valence-electron chi connectivity index (χ3n) is 2.52. The highest BCUT2D eigenvalue weighted by molar-refractivity contribution is 5.89. The number of nitrogens with zero attached hydrogens (tertiary/aromatic N) is 1. The Labute approximate surface area is 113 Å². The van der Waals surface area contributed by atoms with Gasteiger partial charge < -0.3 is 4.74 Å². The fraction of sp³-hybridized carbons (Fsp3) is 0.125. The quantitative estimate of drug-likeness (QED) is 0.460. The van der Waals surface area contributed by atoms with Gasteiger partial charge in [0, 0.05) is 17.6 Å². The van der Waals surface area contributed by atoms with Crippen LogP contribution in [-0.2, 0) is 9.53 Å². The highest BCUT2D eigenvalue weighted by Gasteiger charge is 2.14. The lowest BCUT2D eigenvalue weighted by Gasteiger charge is -2.09. The Morgan fingerprint density at radius 2 is 2.05 bits per heavy atom. The largest absolute Gasteiger partial charge is 0.466 e. The molecule has 3 nitrogen and oxygen atoms in total. The van der Waals surface area contributed by atoms with E-state index in [9.17, 15) is 4.79 Å². The molecule has 0 aliphatic carbocycles. The van der Waals surface area contributed by atoms with Crippen molar-refractivity contribution < 1.29 is 9.53 Å². The van der Waals surface area contributed by atoms with Gasteiger partial charge in [0.2, 0.25) is 0 Å². The Morgan fingerprint density at radius 3 is 2.63 bits per heavy atom. The molecule has 0 radical (unpaired) electrons. The molecule has 0 aliphatic rings. The van der Waals surface area contributed by atoms with Crippen LogP contribution < -0.4 is 0 Å². The van der Waals surface area contributed by atoms with Crippen molar-refractivity contribution in [1.82, 2.24) is 0 Å². The van der Waals surface area contributed by atoms with E-state index in [1.807, 2.05) is 48.6 Å². The van der Waals surface area contributed by atoms with Crippen molar-refractivity contribution in [3.8, 4) is 6.07 Å². The topological polar surface area (TPSA) is 50.1 Å². The number of allylic oxidation sites excluding steroid dienone is 3. The zero-order valence-corrected chi connectivity index (χ0v) is 10.7. The first kappa shape index (κ1) is 14.5. The van der Waals surface area contributed by atoms with Crippen molar-refractivity contribution in [1.29, 1.82) is 5.26 Å². The van der Waals surface area contributed by atoms with E-state index in [4.69, 9.17) is 5.26 Å². The number of hydrogen-bond donors (Lipinski definition) is 0. The molecular formula is C16H15NO2. The maximum atomic E-state index is 11.5. The second kappa shape index (κ2) is 7.67. The summed E-state index contributed by atoms with van der Waals surface area (Å²) < 4.78 is 4.64. The van der Waals surface area contributed by atoms with Crippen molar-refractivity contribution >= 4 is 12.0 Å². The van der Waals surface area contributed by atoms with E-state index in [0.29, 0.717) is 5.57 Å². The summed E-state index contributed by atoms with van der Waals surface area (Å²) in [7, 11) is 1.31. The lowest BCUT2D eigenvalue weighted by atomic mass is 9.98. The molecule has 1 aromatic rings. The van der Waals surface area contributed by atoms with Crippen molar-refractivity contribution in [2.45, 2.75) is 0 Å². The summed E-state index contributed by atoms with van der Waals surface area (Å²) in [4.78, 5) is 11.5. The summed E-state index contributed by atoms with van der Waals surface area (Å²) in [6.45, 7) is 3.70. The fourth-order valence-electron chi connectivity index (χ4n) is 1.49. The number of ether oxygens (including phenoxy) is 1. The summed E-state index contributed by atoms with van der Waals surface area (Å²) in [5.74, 6) is -0.836. The molecule has 0 aromatic heterocycles. The Kier molecular flexibility index (Phi) is 5.84. The standard InChI is InChI=1S/C16H15NO2/c1-13(16(18)19-2)15(9-6-12-17)11-10-14-7-4-3-5-8-14/h3-11,15H,1H2,2H3. The zero-order chi connectivity index (χ0) is 14.1. The number of carbonyl (C=O) groups excluding carboxylic acids is 1. The predicted octanol–water partition coefficient (Wildman–Crippen LogP) is 3.12. The minimum absolute atomic E-state index is 0.293. The molecule has 19 heavy (non-hydrogen) atoms. The van der Waals surface area contributed by atoms with E-state index in [2.05, 4.69) is 11.3 Å². The third kappa shape index (κ3) is 4.64. The highest BCUT2D eigenvalue weighted by atomic mass is 16.5. The van der Waals surface area contributed by atoms with Crippen LogP contribution in [0, 0.1) is 17.2 Å². The molecule has 96 valence electrons. The van der Waals surface area contributed by atoms with Crippen molar-refractivity contribution in [2.75, 3.05) is 7.11 Å². The lowest BCUT2D eigenvalue weighted by molar-refractivity contribution is -0.136. The first-order valence-corrected chi connectivity index (χ1v) is 5.75. The first-order chi connectivity index (χ1) is 9.19. The normalized spacial score (nSPS) is 12.2. The van der Waals surface area contributed by atoms with Crippen LogP contribution in [0.25, 0.3) is 6.08 Å². The van der Waals surface area contributed by atoms with E-state index in [1.54, 1.807) is 6.08 Å². The Bertz CT molecular complexity index is 536. The van der Waals surface area contributed by atoms with Crippen LogP contribution in [0.3, 0.4) is 0 Å². The number of carbonyl (C=O) groups is 1. The average molecular weight is 253 g/mol. The van der Waals surface area contributed by atoms with E-state index < -0.39 is 5.97 Å². The second-order valence-corrected chi connectivity index (χ2v) is 3.80. The van der Waals surface area contributed by atoms with Crippen molar-refractivity contribution in [3.63, 3.8) is 0 Å². The Morgan fingerprint density at radius 1 is 1.37 bits per heavy atom. The summed E-state index contributed by atoms with van der Waals surface area (Å²) in [6, 6.07) is 11.6. The molecule has 0 saturated carbocycles. The van der Waals surface area contributed by atoms with Crippen LogP contribution in [0.4, 0.5) is 0 Å². The van der Waals surface area contributed by atoms with E-state index in [1.165, 1.54) is 13.2 Å². The lowest BCUT2D eigenvalue weighted by Crippen LogP contribution is -2.10. The number of benzene rings is 1. The molecule has 0 heterocycles. The van der Waals surface area contributed by atoms with Gasteiger partial charge in [0.1, 0.15) is 0 Å². The number of methoxy groups -OCH3 is 1. The molecule has 3 heteroatoms. The molecule has 0 aliphatic heterocycles. The molecule has 0 N–H and O–H groups in total. The van der Waals surface area contributed by atoms with Gasteiger partial charge in [-0.2, -0.15) is 5.26 Å².